The molecule has 0 amide bonds. The van der Waals surface area contributed by atoms with E-state index in [-0.39, 0.29) is 5.41 Å². The van der Waals surface area contributed by atoms with Crippen LogP contribution in [0.2, 0.25) is 0 Å². The highest BCUT2D eigenvalue weighted by Gasteiger charge is 2.39. The summed E-state index contributed by atoms with van der Waals surface area (Å²) in [6, 6.07) is 25.2. The molecular weight excluding hydrogens is 502 g/mol. The first-order valence-corrected chi connectivity index (χ1v) is 15.0. The molecule has 0 radical (unpaired) electrons. The van der Waals surface area contributed by atoms with Gasteiger partial charge in [-0.25, -0.2) is 4.98 Å². The molecule has 6 rings (SSSR count). The van der Waals surface area contributed by atoms with Crippen LogP contribution in [-0.2, 0) is 16.8 Å². The van der Waals surface area contributed by atoms with Crippen LogP contribution in [0.25, 0.3) is 11.3 Å². The first kappa shape index (κ1) is 26.0. The second-order valence-electron chi connectivity index (χ2n) is 10.9. The molecule has 1 aromatic heterocycles. The summed E-state index contributed by atoms with van der Waals surface area (Å²) in [5.41, 5.74) is 6.46. The molecule has 4 aromatic rings. The average Bonchev–Trinajstić information content (AvgIpc) is 3.53. The van der Waals surface area contributed by atoms with E-state index in [9.17, 15) is 4.79 Å². The van der Waals surface area contributed by atoms with Crippen LogP contribution in [0.15, 0.2) is 78.2 Å². The van der Waals surface area contributed by atoms with E-state index < -0.39 is 0 Å². The Morgan fingerprint density at radius 2 is 1.62 bits per heavy atom. The van der Waals surface area contributed by atoms with Gasteiger partial charge in [-0.05, 0) is 72.6 Å². The molecule has 0 N–H and O–H groups in total. The fourth-order valence-corrected chi connectivity index (χ4v) is 7.17. The summed E-state index contributed by atoms with van der Waals surface area (Å²) in [4.78, 5) is 16.3. The van der Waals surface area contributed by atoms with E-state index >= 15 is 0 Å². The molecule has 2 fully saturated rings. The number of ether oxygens (including phenoxy) is 2. The molecule has 1 saturated heterocycles. The zero-order chi connectivity index (χ0) is 26.5. The minimum absolute atomic E-state index is 0.182. The maximum Gasteiger partial charge on any atom is 0.150 e. The summed E-state index contributed by atoms with van der Waals surface area (Å²) in [6.45, 7) is 1.98. The molecule has 1 aliphatic heterocycles. The number of hydrogen-bond acceptors (Lipinski definition) is 5. The Balaban J connectivity index is 1.13. The molecule has 2 heterocycles. The molecule has 39 heavy (non-hydrogen) atoms. The van der Waals surface area contributed by atoms with Crippen molar-refractivity contribution in [2.24, 2.45) is 0 Å². The molecule has 4 nitrogen and oxygen atoms in total. The second-order valence-corrected chi connectivity index (χ2v) is 11.7. The summed E-state index contributed by atoms with van der Waals surface area (Å²) in [5.74, 6) is 1.60. The second kappa shape index (κ2) is 11.8. The van der Waals surface area contributed by atoms with Crippen molar-refractivity contribution in [3.05, 3.63) is 105 Å². The van der Waals surface area contributed by atoms with Crippen molar-refractivity contribution in [2.45, 2.75) is 62.9 Å². The van der Waals surface area contributed by atoms with Crippen LogP contribution in [0.3, 0.4) is 0 Å². The summed E-state index contributed by atoms with van der Waals surface area (Å²) >= 11 is 1.71. The summed E-state index contributed by atoms with van der Waals surface area (Å²) < 4.78 is 11.8. The van der Waals surface area contributed by atoms with E-state index in [0.29, 0.717) is 25.4 Å². The van der Waals surface area contributed by atoms with Gasteiger partial charge in [0.1, 0.15) is 23.7 Å². The Kier molecular flexibility index (Phi) is 7.89. The molecule has 0 bridgehead atoms. The smallest absolute Gasteiger partial charge is 0.150 e. The van der Waals surface area contributed by atoms with Crippen LogP contribution in [0.1, 0.15) is 82.9 Å². The first-order valence-electron chi connectivity index (χ1n) is 14.2. The van der Waals surface area contributed by atoms with Gasteiger partial charge < -0.3 is 9.47 Å². The lowest BCUT2D eigenvalue weighted by Crippen LogP contribution is -2.35. The number of benzene rings is 3. The van der Waals surface area contributed by atoms with Gasteiger partial charge in [0.05, 0.1) is 11.1 Å². The van der Waals surface area contributed by atoms with Crippen LogP contribution in [-0.4, -0.2) is 24.5 Å². The minimum Gasteiger partial charge on any atom is -0.489 e. The minimum atomic E-state index is -0.182. The normalized spacial score (nSPS) is 17.5. The quantitative estimate of drug-likeness (QED) is 0.212. The Bertz CT molecular complexity index is 1360. The summed E-state index contributed by atoms with van der Waals surface area (Å²) in [5, 5.41) is 3.26. The summed E-state index contributed by atoms with van der Waals surface area (Å²) in [7, 11) is 0. The fourth-order valence-electron chi connectivity index (χ4n) is 6.06. The first-order chi connectivity index (χ1) is 19.2. The van der Waals surface area contributed by atoms with Gasteiger partial charge in [-0.2, -0.15) is 0 Å². The predicted molar refractivity (Wildman–Crippen MR) is 157 cm³/mol. The fraction of sp³-hybridized carbons (Fsp3) is 0.353. The molecule has 3 aromatic carbocycles. The van der Waals surface area contributed by atoms with Gasteiger partial charge in [-0.15, -0.1) is 11.3 Å². The topological polar surface area (TPSA) is 48.4 Å². The third-order valence-corrected chi connectivity index (χ3v) is 9.52. The average molecular weight is 538 g/mol. The van der Waals surface area contributed by atoms with E-state index in [4.69, 9.17) is 14.5 Å². The van der Waals surface area contributed by atoms with Crippen molar-refractivity contribution < 1.29 is 14.3 Å². The number of carbonyl (C=O) groups excluding carboxylic acids is 1. The Hall–Kier alpha value is -3.28. The molecule has 200 valence electrons. The van der Waals surface area contributed by atoms with E-state index in [0.717, 1.165) is 47.1 Å². The molecule has 0 atom stereocenters. The molecule has 1 aliphatic carbocycles. The van der Waals surface area contributed by atoms with Crippen molar-refractivity contribution in [1.29, 1.82) is 0 Å². The molecule has 0 spiro atoms. The number of aromatic nitrogens is 1. The van der Waals surface area contributed by atoms with Gasteiger partial charge in [0.25, 0.3) is 0 Å². The van der Waals surface area contributed by atoms with Crippen molar-refractivity contribution >= 4 is 17.6 Å². The lowest BCUT2D eigenvalue weighted by atomic mass is 9.74. The lowest BCUT2D eigenvalue weighted by Gasteiger charge is -2.36. The molecule has 5 heteroatoms. The van der Waals surface area contributed by atoms with Gasteiger partial charge in [-0.1, -0.05) is 67.8 Å². The lowest BCUT2D eigenvalue weighted by molar-refractivity contribution is 0.0630. The monoisotopic (exact) mass is 537 g/mol. The number of carbonyl (C=O) groups is 1. The van der Waals surface area contributed by atoms with Gasteiger partial charge in [0.15, 0.2) is 0 Å². The third-order valence-electron chi connectivity index (χ3n) is 8.47. The van der Waals surface area contributed by atoms with E-state index in [1.54, 1.807) is 11.3 Å². The third kappa shape index (κ3) is 5.70. The highest BCUT2D eigenvalue weighted by atomic mass is 32.1. The predicted octanol–water partition coefficient (Wildman–Crippen LogP) is 8.35. The van der Waals surface area contributed by atoms with Crippen molar-refractivity contribution in [3.63, 3.8) is 0 Å². The number of thiazole rings is 1. The van der Waals surface area contributed by atoms with Gasteiger partial charge in [-0.3, -0.25) is 4.79 Å². The Morgan fingerprint density at radius 3 is 2.31 bits per heavy atom. The number of nitrogens with zero attached hydrogens (tertiary/aromatic N) is 1. The Labute approximate surface area is 235 Å². The van der Waals surface area contributed by atoms with Crippen LogP contribution in [0, 0.1) is 0 Å². The maximum absolute atomic E-state index is 11.2. The van der Waals surface area contributed by atoms with Crippen molar-refractivity contribution in [1.82, 2.24) is 4.98 Å². The highest BCUT2D eigenvalue weighted by molar-refractivity contribution is 7.10. The molecule has 1 saturated carbocycles. The van der Waals surface area contributed by atoms with Crippen LogP contribution < -0.4 is 4.74 Å². The molecule has 0 unspecified atom stereocenters. The molecule has 2 aliphatic rings. The van der Waals surface area contributed by atoms with Crippen LogP contribution >= 0.6 is 11.3 Å². The SMILES string of the molecule is O=Cc1ccc(C2(c3nc(-c4ccc(OCc5ccc(C6CCCCC6)cc5)cc4)cs3)CCOCC2)cc1. The van der Waals surface area contributed by atoms with E-state index in [2.05, 4.69) is 53.9 Å². The number of hydrogen-bond donors (Lipinski definition) is 0. The van der Waals surface area contributed by atoms with Gasteiger partial charge in [0, 0.05) is 29.7 Å². The Morgan fingerprint density at radius 1 is 0.897 bits per heavy atom. The largest absolute Gasteiger partial charge is 0.489 e. The maximum atomic E-state index is 11.2. The zero-order valence-electron chi connectivity index (χ0n) is 22.3. The van der Waals surface area contributed by atoms with Crippen molar-refractivity contribution in [2.75, 3.05) is 13.2 Å². The van der Waals surface area contributed by atoms with Gasteiger partial charge >= 0.3 is 0 Å². The highest BCUT2D eigenvalue weighted by Crippen LogP contribution is 2.43. The number of rotatable bonds is 8. The standard InChI is InChI=1S/C34H35NO3S/c36-22-25-8-14-30(15-9-25)34(18-20-37-21-19-34)33-35-32(24-39-33)29-12-16-31(17-13-29)38-23-26-6-10-28(11-7-26)27-4-2-1-3-5-27/h6-17,22,24,27H,1-5,18-21,23H2. The number of aldehydes is 1. The van der Waals surface area contributed by atoms with Crippen molar-refractivity contribution in [3.8, 4) is 17.0 Å². The van der Waals surface area contributed by atoms with E-state index in [1.165, 1.54) is 48.8 Å². The van der Waals surface area contributed by atoms with Gasteiger partial charge in [0.2, 0.25) is 0 Å². The summed E-state index contributed by atoms with van der Waals surface area (Å²) in [6.07, 6.45) is 9.42. The van der Waals surface area contributed by atoms with Crippen LogP contribution in [0.5, 0.6) is 5.75 Å². The van der Waals surface area contributed by atoms with E-state index in [1.807, 2.05) is 24.3 Å². The van der Waals surface area contributed by atoms with Crippen LogP contribution in [0.4, 0.5) is 0 Å². The molecular formula is C34H35NO3S. The zero-order valence-corrected chi connectivity index (χ0v) is 23.1.